The first kappa shape index (κ1) is 14.4. The molecule has 0 aliphatic heterocycles. The van der Waals surface area contributed by atoms with E-state index in [-0.39, 0.29) is 17.1 Å². The van der Waals surface area contributed by atoms with Gasteiger partial charge in [0.25, 0.3) is 5.91 Å². The molecule has 0 aliphatic rings. The number of hydrazone groups is 1. The largest absolute Gasteiger partial charge is 0.508 e. The van der Waals surface area contributed by atoms with Gasteiger partial charge in [-0.3, -0.25) is 4.79 Å². The van der Waals surface area contributed by atoms with Crippen LogP contribution in [0.25, 0.3) is 0 Å². The van der Waals surface area contributed by atoms with E-state index in [0.29, 0.717) is 11.3 Å². The highest BCUT2D eigenvalue weighted by atomic mass is 16.5. The summed E-state index contributed by atoms with van der Waals surface area (Å²) in [5.74, 6) is -0.213. The van der Waals surface area contributed by atoms with Crippen LogP contribution in [0.5, 0.6) is 17.2 Å². The molecule has 0 unspecified atom stereocenters. The molecular formula is C15H14N2O4. The Morgan fingerprint density at radius 2 is 2.00 bits per heavy atom. The van der Waals surface area contributed by atoms with Gasteiger partial charge in [-0.05, 0) is 30.3 Å². The van der Waals surface area contributed by atoms with Crippen LogP contribution in [-0.2, 0) is 0 Å². The maximum absolute atomic E-state index is 11.8. The van der Waals surface area contributed by atoms with Gasteiger partial charge >= 0.3 is 0 Å². The monoisotopic (exact) mass is 286 g/mol. The summed E-state index contributed by atoms with van der Waals surface area (Å²) >= 11 is 0. The van der Waals surface area contributed by atoms with Gasteiger partial charge in [0.05, 0.1) is 13.3 Å². The van der Waals surface area contributed by atoms with E-state index in [1.54, 1.807) is 30.3 Å². The summed E-state index contributed by atoms with van der Waals surface area (Å²) in [5, 5.41) is 22.9. The zero-order chi connectivity index (χ0) is 15.2. The summed E-state index contributed by atoms with van der Waals surface area (Å²) in [6.45, 7) is 0. The third kappa shape index (κ3) is 3.50. The average Bonchev–Trinajstić information content (AvgIpc) is 2.49. The molecular weight excluding hydrogens is 272 g/mol. The van der Waals surface area contributed by atoms with Gasteiger partial charge in [-0.1, -0.05) is 12.1 Å². The lowest BCUT2D eigenvalue weighted by atomic mass is 10.2. The Kier molecular flexibility index (Phi) is 4.40. The number of para-hydroxylation sites is 1. The first-order chi connectivity index (χ1) is 10.1. The Hall–Kier alpha value is -3.02. The molecule has 0 atom stereocenters. The number of rotatable bonds is 4. The molecule has 0 saturated heterocycles. The van der Waals surface area contributed by atoms with Crippen molar-refractivity contribution in [1.29, 1.82) is 0 Å². The van der Waals surface area contributed by atoms with Gasteiger partial charge in [0, 0.05) is 11.1 Å². The number of nitrogens with one attached hydrogen (secondary N) is 1. The molecule has 0 spiro atoms. The van der Waals surface area contributed by atoms with Crippen molar-refractivity contribution in [1.82, 2.24) is 5.43 Å². The third-order valence-corrected chi connectivity index (χ3v) is 2.73. The van der Waals surface area contributed by atoms with Crippen LogP contribution in [0.3, 0.4) is 0 Å². The minimum absolute atomic E-state index is 0.00271. The maximum Gasteiger partial charge on any atom is 0.271 e. The molecule has 2 rings (SSSR count). The van der Waals surface area contributed by atoms with Crippen LogP contribution >= 0.6 is 0 Å². The fraction of sp³-hybridized carbons (Fsp3) is 0.0667. The number of hydrogen-bond donors (Lipinski definition) is 3. The highest BCUT2D eigenvalue weighted by Crippen LogP contribution is 2.27. The van der Waals surface area contributed by atoms with Crippen LogP contribution < -0.4 is 10.2 Å². The number of ether oxygens (including phenoxy) is 1. The normalized spacial score (nSPS) is 10.5. The SMILES string of the molecule is COc1cccc(/C=N/NC(=O)c2cccc(O)c2)c1O. The van der Waals surface area contributed by atoms with E-state index in [1.807, 2.05) is 0 Å². The Bertz CT molecular complexity index is 683. The zero-order valence-corrected chi connectivity index (χ0v) is 11.3. The molecule has 0 saturated carbocycles. The van der Waals surface area contributed by atoms with Gasteiger partial charge in [-0.25, -0.2) is 5.43 Å². The van der Waals surface area contributed by atoms with Crippen molar-refractivity contribution in [3.63, 3.8) is 0 Å². The number of aromatic hydroxyl groups is 2. The van der Waals surface area contributed by atoms with E-state index in [9.17, 15) is 15.0 Å². The predicted octanol–water partition coefficient (Wildman–Crippen LogP) is 1.87. The number of carbonyl (C=O) groups excluding carboxylic acids is 1. The number of amides is 1. The highest BCUT2D eigenvalue weighted by molar-refractivity contribution is 5.95. The fourth-order valence-corrected chi connectivity index (χ4v) is 1.68. The topological polar surface area (TPSA) is 91.2 Å². The van der Waals surface area contributed by atoms with Gasteiger partial charge in [0.1, 0.15) is 5.75 Å². The van der Waals surface area contributed by atoms with Crippen molar-refractivity contribution in [2.45, 2.75) is 0 Å². The van der Waals surface area contributed by atoms with Crippen LogP contribution in [0.15, 0.2) is 47.6 Å². The molecule has 0 heterocycles. The predicted molar refractivity (Wildman–Crippen MR) is 77.8 cm³/mol. The standard InChI is InChI=1S/C15H14N2O4/c1-21-13-7-3-5-11(14(13)19)9-16-17-15(20)10-4-2-6-12(18)8-10/h2-9,18-19H,1H3,(H,17,20)/b16-9+. The quantitative estimate of drug-likeness (QED) is 0.591. The van der Waals surface area contributed by atoms with Crippen molar-refractivity contribution in [3.05, 3.63) is 53.6 Å². The summed E-state index contributed by atoms with van der Waals surface area (Å²) in [6, 6.07) is 10.8. The fourth-order valence-electron chi connectivity index (χ4n) is 1.68. The van der Waals surface area contributed by atoms with E-state index in [0.717, 1.165) is 0 Å². The van der Waals surface area contributed by atoms with Gasteiger partial charge in [-0.15, -0.1) is 0 Å². The lowest BCUT2D eigenvalue weighted by molar-refractivity contribution is 0.0954. The Morgan fingerprint density at radius 1 is 1.24 bits per heavy atom. The first-order valence-corrected chi connectivity index (χ1v) is 6.10. The molecule has 0 bridgehead atoms. The first-order valence-electron chi connectivity index (χ1n) is 6.10. The van der Waals surface area contributed by atoms with Crippen molar-refractivity contribution in [3.8, 4) is 17.2 Å². The van der Waals surface area contributed by atoms with Gasteiger partial charge in [0.2, 0.25) is 0 Å². The van der Waals surface area contributed by atoms with E-state index < -0.39 is 5.91 Å². The molecule has 0 radical (unpaired) electrons. The lowest BCUT2D eigenvalue weighted by Crippen LogP contribution is -2.17. The number of benzene rings is 2. The number of phenolic OH excluding ortho intramolecular Hbond substituents is 2. The average molecular weight is 286 g/mol. The molecule has 2 aromatic rings. The number of carbonyl (C=O) groups is 1. The second-order valence-corrected chi connectivity index (χ2v) is 4.15. The Balaban J connectivity index is 2.07. The van der Waals surface area contributed by atoms with Gasteiger partial charge < -0.3 is 14.9 Å². The second-order valence-electron chi connectivity index (χ2n) is 4.15. The highest BCUT2D eigenvalue weighted by Gasteiger charge is 2.06. The van der Waals surface area contributed by atoms with Crippen molar-refractivity contribution < 1.29 is 19.7 Å². The minimum atomic E-state index is -0.468. The summed E-state index contributed by atoms with van der Waals surface area (Å²) in [4.78, 5) is 11.8. The van der Waals surface area contributed by atoms with Crippen molar-refractivity contribution in [2.24, 2.45) is 5.10 Å². The van der Waals surface area contributed by atoms with Gasteiger partial charge in [0.15, 0.2) is 11.5 Å². The van der Waals surface area contributed by atoms with E-state index in [2.05, 4.69) is 10.5 Å². The number of phenols is 2. The molecule has 1 amide bonds. The zero-order valence-electron chi connectivity index (χ0n) is 11.3. The summed E-state index contributed by atoms with van der Waals surface area (Å²) in [7, 11) is 1.44. The molecule has 6 heteroatoms. The lowest BCUT2D eigenvalue weighted by Gasteiger charge is -2.05. The number of methoxy groups -OCH3 is 1. The smallest absolute Gasteiger partial charge is 0.271 e. The van der Waals surface area contributed by atoms with Crippen LogP contribution in [-0.4, -0.2) is 29.4 Å². The Morgan fingerprint density at radius 3 is 2.71 bits per heavy atom. The van der Waals surface area contributed by atoms with Crippen molar-refractivity contribution in [2.75, 3.05) is 7.11 Å². The Labute approximate surface area is 121 Å². The van der Waals surface area contributed by atoms with Crippen LogP contribution in [0.4, 0.5) is 0 Å². The summed E-state index contributed by atoms with van der Waals surface area (Å²) in [5.41, 5.74) is 2.99. The summed E-state index contributed by atoms with van der Waals surface area (Å²) in [6.07, 6.45) is 1.30. The molecule has 0 fully saturated rings. The number of hydrogen-bond acceptors (Lipinski definition) is 5. The van der Waals surface area contributed by atoms with Crippen LogP contribution in [0.1, 0.15) is 15.9 Å². The molecule has 0 aliphatic carbocycles. The van der Waals surface area contributed by atoms with Crippen LogP contribution in [0.2, 0.25) is 0 Å². The van der Waals surface area contributed by atoms with E-state index in [1.165, 1.54) is 25.5 Å². The molecule has 2 aromatic carbocycles. The van der Waals surface area contributed by atoms with Crippen molar-refractivity contribution >= 4 is 12.1 Å². The maximum atomic E-state index is 11.8. The van der Waals surface area contributed by atoms with E-state index >= 15 is 0 Å². The third-order valence-electron chi connectivity index (χ3n) is 2.73. The minimum Gasteiger partial charge on any atom is -0.508 e. The molecule has 21 heavy (non-hydrogen) atoms. The molecule has 3 N–H and O–H groups in total. The van der Waals surface area contributed by atoms with E-state index in [4.69, 9.17) is 4.74 Å². The van der Waals surface area contributed by atoms with Gasteiger partial charge in [-0.2, -0.15) is 5.10 Å². The summed E-state index contributed by atoms with van der Waals surface area (Å²) < 4.78 is 4.97. The second kappa shape index (κ2) is 6.42. The molecule has 0 aromatic heterocycles. The molecule has 6 nitrogen and oxygen atoms in total. The van der Waals surface area contributed by atoms with Crippen LogP contribution in [0, 0.1) is 0 Å². The number of nitrogens with zero attached hydrogens (tertiary/aromatic N) is 1. The molecule has 108 valence electrons.